The molecule has 36 valence electrons. The molecule has 0 aromatic carbocycles. The van der Waals surface area contributed by atoms with E-state index < -0.39 is 0 Å². The van der Waals surface area contributed by atoms with E-state index in [1.54, 1.807) is 23.5 Å². The van der Waals surface area contributed by atoms with Crippen molar-refractivity contribution < 1.29 is 0 Å². The van der Waals surface area contributed by atoms with E-state index in [9.17, 15) is 0 Å². The molecule has 0 N–H and O–H groups in total. The molecule has 0 radical (unpaired) electrons. The van der Waals surface area contributed by atoms with Crippen molar-refractivity contribution in [3.63, 3.8) is 0 Å². The molecule has 0 amide bonds. The first-order valence-electron chi connectivity index (χ1n) is 2.49. The van der Waals surface area contributed by atoms with Gasteiger partial charge in [0.2, 0.25) is 0 Å². The van der Waals surface area contributed by atoms with Crippen LogP contribution in [0.3, 0.4) is 0 Å². The number of hydrogen-bond acceptors (Lipinski definition) is 0. The molecule has 0 aliphatic carbocycles. The maximum atomic E-state index is 2.47. The topological polar surface area (TPSA) is 0 Å². The van der Waals surface area contributed by atoms with Gasteiger partial charge in [0.25, 0.3) is 0 Å². The van der Waals surface area contributed by atoms with Crippen molar-refractivity contribution in [3.8, 4) is 0 Å². The fourth-order valence-electron chi connectivity index (χ4n) is 0.799. The first-order valence-corrected chi connectivity index (χ1v) is 6.62. The van der Waals surface area contributed by atoms with Gasteiger partial charge >= 0.3 is 43.2 Å². The van der Waals surface area contributed by atoms with Gasteiger partial charge in [-0.05, 0) is 0 Å². The average Bonchev–Trinajstić information content (AvgIpc) is 1.86. The van der Waals surface area contributed by atoms with Gasteiger partial charge in [-0.15, -0.1) is 0 Å². The summed E-state index contributed by atoms with van der Waals surface area (Å²) in [6, 6.07) is 0. The molecular formula is C5H11Se+. The van der Waals surface area contributed by atoms with Crippen molar-refractivity contribution in [3.05, 3.63) is 0 Å². The summed E-state index contributed by atoms with van der Waals surface area (Å²) >= 11 is 0.0602. The second-order valence-corrected chi connectivity index (χ2v) is 6.89. The molecule has 0 saturated carbocycles. The van der Waals surface area contributed by atoms with Crippen LogP contribution in [0.25, 0.3) is 0 Å². The first-order chi connectivity index (χ1) is 2.89. The van der Waals surface area contributed by atoms with Crippen LogP contribution in [0.2, 0.25) is 16.5 Å². The number of rotatable bonds is 0. The summed E-state index contributed by atoms with van der Waals surface area (Å²) in [6.07, 6.45) is 3.09. The molecule has 0 bridgehead atoms. The quantitative estimate of drug-likeness (QED) is 0.462. The molecular weight excluding hydrogens is 139 g/mol. The van der Waals surface area contributed by atoms with Crippen LogP contribution >= 0.6 is 0 Å². The van der Waals surface area contributed by atoms with Crippen LogP contribution < -0.4 is 0 Å². The molecule has 1 saturated heterocycles. The van der Waals surface area contributed by atoms with Crippen molar-refractivity contribution in [1.82, 2.24) is 0 Å². The summed E-state index contributed by atoms with van der Waals surface area (Å²) in [5.41, 5.74) is 0. The Morgan fingerprint density at radius 3 is 1.83 bits per heavy atom. The van der Waals surface area contributed by atoms with E-state index in [1.807, 2.05) is 0 Å². The normalized spacial score (nSPS) is 25.5. The fraction of sp³-hybridized carbons (Fsp3) is 1.00. The van der Waals surface area contributed by atoms with Gasteiger partial charge in [0.1, 0.15) is 0 Å². The van der Waals surface area contributed by atoms with Gasteiger partial charge in [0.05, 0.1) is 0 Å². The van der Waals surface area contributed by atoms with Gasteiger partial charge in [-0.25, -0.2) is 0 Å². The van der Waals surface area contributed by atoms with Crippen molar-refractivity contribution in [2.45, 2.75) is 29.3 Å². The van der Waals surface area contributed by atoms with E-state index in [2.05, 4.69) is 5.82 Å². The summed E-state index contributed by atoms with van der Waals surface area (Å²) < 4.78 is 0. The van der Waals surface area contributed by atoms with Crippen LogP contribution in [-0.4, -0.2) is 13.9 Å². The van der Waals surface area contributed by atoms with Gasteiger partial charge in [-0.3, -0.25) is 0 Å². The molecule has 1 heteroatoms. The number of hydrogen-bond donors (Lipinski definition) is 0. The molecule has 1 aliphatic heterocycles. The van der Waals surface area contributed by atoms with E-state index in [-0.39, 0.29) is 13.9 Å². The van der Waals surface area contributed by atoms with Crippen LogP contribution in [-0.2, 0) is 0 Å². The second-order valence-electron chi connectivity index (χ2n) is 1.90. The Kier molecular flexibility index (Phi) is 1.55. The van der Waals surface area contributed by atoms with Crippen LogP contribution in [0.15, 0.2) is 0 Å². The zero-order chi connectivity index (χ0) is 4.41. The van der Waals surface area contributed by atoms with Gasteiger partial charge in [-0.1, -0.05) is 0 Å². The second kappa shape index (κ2) is 1.99. The third-order valence-corrected chi connectivity index (χ3v) is 5.37. The van der Waals surface area contributed by atoms with Crippen molar-refractivity contribution >= 4 is 13.9 Å². The van der Waals surface area contributed by atoms with Crippen LogP contribution in [0.5, 0.6) is 0 Å². The van der Waals surface area contributed by atoms with Crippen molar-refractivity contribution in [2.24, 2.45) is 0 Å². The van der Waals surface area contributed by atoms with E-state index in [0.717, 1.165) is 0 Å². The summed E-state index contributed by atoms with van der Waals surface area (Å²) in [7, 11) is 0. The Balaban J connectivity index is 2.18. The molecule has 0 nitrogen and oxygen atoms in total. The monoisotopic (exact) mass is 151 g/mol. The fourth-order valence-corrected chi connectivity index (χ4v) is 4.15. The molecule has 1 fully saturated rings. The SMILES string of the molecule is C[Se+]1CCCC1. The van der Waals surface area contributed by atoms with Crippen molar-refractivity contribution in [2.75, 3.05) is 0 Å². The Hall–Kier alpha value is 0.519. The van der Waals surface area contributed by atoms with Gasteiger partial charge in [-0.2, -0.15) is 0 Å². The summed E-state index contributed by atoms with van der Waals surface area (Å²) in [6.45, 7) is 0. The third-order valence-electron chi connectivity index (χ3n) is 1.24. The Morgan fingerprint density at radius 1 is 1.17 bits per heavy atom. The van der Waals surface area contributed by atoms with Crippen LogP contribution in [0.4, 0.5) is 0 Å². The molecule has 0 atom stereocenters. The van der Waals surface area contributed by atoms with E-state index in [0.29, 0.717) is 0 Å². The zero-order valence-corrected chi connectivity index (χ0v) is 5.95. The van der Waals surface area contributed by atoms with Crippen LogP contribution in [0.1, 0.15) is 12.8 Å². The van der Waals surface area contributed by atoms with E-state index >= 15 is 0 Å². The first kappa shape index (κ1) is 4.67. The van der Waals surface area contributed by atoms with Gasteiger partial charge in [0, 0.05) is 0 Å². The molecule has 1 aliphatic rings. The standard InChI is InChI=1S/C5H11Se/c1-6-4-2-3-5-6/h2-5H2,1H3/q+1. The molecule has 0 aromatic heterocycles. The molecule has 0 unspecified atom stereocenters. The summed E-state index contributed by atoms with van der Waals surface area (Å²) in [5, 5.41) is 3.22. The molecule has 0 aromatic rings. The predicted octanol–water partition coefficient (Wildman–Crippen LogP) is 1.90. The van der Waals surface area contributed by atoms with Crippen LogP contribution in [0, 0.1) is 0 Å². The molecule has 0 spiro atoms. The third kappa shape index (κ3) is 0.990. The molecule has 6 heavy (non-hydrogen) atoms. The van der Waals surface area contributed by atoms with E-state index in [4.69, 9.17) is 0 Å². The zero-order valence-electron chi connectivity index (χ0n) is 4.24. The Morgan fingerprint density at radius 2 is 1.67 bits per heavy atom. The Labute approximate surface area is 43.8 Å². The Bertz CT molecular complexity index is 37.2. The van der Waals surface area contributed by atoms with E-state index in [1.165, 1.54) is 0 Å². The average molecular weight is 150 g/mol. The maximum absolute atomic E-state index is 2.47. The van der Waals surface area contributed by atoms with Gasteiger partial charge < -0.3 is 0 Å². The van der Waals surface area contributed by atoms with Crippen molar-refractivity contribution in [1.29, 1.82) is 0 Å². The summed E-state index contributed by atoms with van der Waals surface area (Å²) in [5.74, 6) is 2.47. The minimum atomic E-state index is 0.0602. The molecule has 1 heterocycles. The van der Waals surface area contributed by atoms with Gasteiger partial charge in [0.15, 0.2) is 0 Å². The summed E-state index contributed by atoms with van der Waals surface area (Å²) in [4.78, 5) is 0. The molecule has 1 rings (SSSR count). The minimum absolute atomic E-state index is 0.0602. The predicted molar refractivity (Wildman–Crippen MR) is 30.5 cm³/mol.